The lowest BCUT2D eigenvalue weighted by Crippen LogP contribution is -2.09. The third-order valence-electron chi connectivity index (χ3n) is 5.24. The van der Waals surface area contributed by atoms with E-state index < -0.39 is 0 Å². The van der Waals surface area contributed by atoms with E-state index in [1.165, 1.54) is 6.08 Å². The number of ether oxygens (including phenoxy) is 1. The second kappa shape index (κ2) is 9.38. The van der Waals surface area contributed by atoms with Gasteiger partial charge in [-0.1, -0.05) is 78.9 Å². The average Bonchev–Trinajstić information content (AvgIpc) is 3.30. The van der Waals surface area contributed by atoms with Crippen LogP contribution in [0.4, 0.5) is 5.95 Å². The molecule has 7 nitrogen and oxygen atoms in total. The third-order valence-corrected chi connectivity index (χ3v) is 5.24. The Morgan fingerprint density at radius 2 is 1.56 bits per heavy atom. The number of carbonyl (C=O) groups excluding carboxylic acids is 1. The van der Waals surface area contributed by atoms with Gasteiger partial charge in [0.25, 0.3) is 17.6 Å². The number of anilines is 1. The van der Waals surface area contributed by atoms with Crippen molar-refractivity contribution in [1.29, 1.82) is 0 Å². The van der Waals surface area contributed by atoms with E-state index in [9.17, 15) is 4.79 Å². The number of benzene rings is 3. The SMILES string of the molecule is COc1ccccc1/C=C/C(=O)Nc1nc2nc(-c3ccccc3)cc(-c3ccccc3)n2n1. The van der Waals surface area contributed by atoms with E-state index in [1.807, 2.05) is 91.0 Å². The van der Waals surface area contributed by atoms with Crippen LogP contribution in [-0.2, 0) is 4.79 Å². The first-order valence-electron chi connectivity index (χ1n) is 10.7. The summed E-state index contributed by atoms with van der Waals surface area (Å²) in [7, 11) is 1.59. The summed E-state index contributed by atoms with van der Waals surface area (Å²) in [4.78, 5) is 21.7. The lowest BCUT2D eigenvalue weighted by Gasteiger charge is -2.07. The summed E-state index contributed by atoms with van der Waals surface area (Å²) in [5.41, 5.74) is 4.32. The van der Waals surface area contributed by atoms with Crippen molar-refractivity contribution in [3.8, 4) is 28.3 Å². The molecule has 5 rings (SSSR count). The second-order valence-electron chi connectivity index (χ2n) is 7.47. The van der Waals surface area contributed by atoms with Crippen molar-refractivity contribution in [1.82, 2.24) is 19.6 Å². The molecule has 0 aliphatic carbocycles. The molecule has 34 heavy (non-hydrogen) atoms. The van der Waals surface area contributed by atoms with E-state index >= 15 is 0 Å². The Hall–Kier alpha value is -4.78. The molecule has 0 aliphatic heterocycles. The molecule has 0 saturated carbocycles. The maximum atomic E-state index is 12.6. The first-order valence-corrected chi connectivity index (χ1v) is 10.7. The highest BCUT2D eigenvalue weighted by atomic mass is 16.5. The van der Waals surface area contributed by atoms with Gasteiger partial charge < -0.3 is 4.74 Å². The van der Waals surface area contributed by atoms with E-state index in [-0.39, 0.29) is 11.9 Å². The van der Waals surface area contributed by atoms with Crippen LogP contribution in [-0.4, -0.2) is 32.6 Å². The van der Waals surface area contributed by atoms with Crippen molar-refractivity contribution in [2.24, 2.45) is 0 Å². The number of methoxy groups -OCH3 is 1. The van der Waals surface area contributed by atoms with E-state index in [0.29, 0.717) is 11.5 Å². The molecule has 0 spiro atoms. The molecule has 5 aromatic rings. The molecular weight excluding hydrogens is 426 g/mol. The van der Waals surface area contributed by atoms with Gasteiger partial charge in [0.05, 0.1) is 18.5 Å². The minimum Gasteiger partial charge on any atom is -0.496 e. The van der Waals surface area contributed by atoms with Crippen LogP contribution in [0.1, 0.15) is 5.56 Å². The van der Waals surface area contributed by atoms with Gasteiger partial charge in [0.2, 0.25) is 0 Å². The van der Waals surface area contributed by atoms with E-state index in [1.54, 1.807) is 17.7 Å². The van der Waals surface area contributed by atoms with Crippen molar-refractivity contribution >= 4 is 23.7 Å². The highest BCUT2D eigenvalue weighted by molar-refractivity contribution is 6.01. The third kappa shape index (κ3) is 4.40. The Labute approximate surface area is 196 Å². The van der Waals surface area contributed by atoms with Crippen LogP contribution < -0.4 is 10.1 Å². The summed E-state index contributed by atoms with van der Waals surface area (Å²) < 4.78 is 6.96. The van der Waals surface area contributed by atoms with E-state index in [0.717, 1.165) is 28.1 Å². The highest BCUT2D eigenvalue weighted by Crippen LogP contribution is 2.26. The predicted molar refractivity (Wildman–Crippen MR) is 132 cm³/mol. The molecule has 0 saturated heterocycles. The molecule has 166 valence electrons. The van der Waals surface area contributed by atoms with E-state index in [4.69, 9.17) is 4.74 Å². The lowest BCUT2D eigenvalue weighted by molar-refractivity contribution is -0.111. The molecule has 0 aliphatic rings. The molecule has 0 unspecified atom stereocenters. The van der Waals surface area contributed by atoms with Crippen LogP contribution in [0.2, 0.25) is 0 Å². The van der Waals surface area contributed by atoms with Gasteiger partial charge in [0, 0.05) is 22.8 Å². The van der Waals surface area contributed by atoms with E-state index in [2.05, 4.69) is 20.4 Å². The molecule has 2 aromatic heterocycles. The minimum atomic E-state index is -0.355. The maximum Gasteiger partial charge on any atom is 0.255 e. The highest BCUT2D eigenvalue weighted by Gasteiger charge is 2.14. The van der Waals surface area contributed by atoms with Crippen LogP contribution in [0.3, 0.4) is 0 Å². The quantitative estimate of drug-likeness (QED) is 0.366. The van der Waals surface area contributed by atoms with Crippen LogP contribution in [0.5, 0.6) is 5.75 Å². The Kier molecular flexibility index (Phi) is 5.82. The minimum absolute atomic E-state index is 0.171. The lowest BCUT2D eigenvalue weighted by atomic mass is 10.1. The topological polar surface area (TPSA) is 81.4 Å². The fourth-order valence-corrected chi connectivity index (χ4v) is 3.61. The summed E-state index contributed by atoms with van der Waals surface area (Å²) >= 11 is 0. The number of nitrogens with one attached hydrogen (secondary N) is 1. The number of para-hydroxylation sites is 1. The molecule has 0 bridgehead atoms. The maximum absolute atomic E-state index is 12.6. The fourth-order valence-electron chi connectivity index (χ4n) is 3.61. The average molecular weight is 447 g/mol. The van der Waals surface area contributed by atoms with Gasteiger partial charge in [-0.05, 0) is 18.2 Å². The second-order valence-corrected chi connectivity index (χ2v) is 7.47. The van der Waals surface area contributed by atoms with Gasteiger partial charge in [-0.3, -0.25) is 10.1 Å². The molecule has 0 radical (unpaired) electrons. The summed E-state index contributed by atoms with van der Waals surface area (Å²) in [5.74, 6) is 0.891. The van der Waals surface area contributed by atoms with Gasteiger partial charge in [0.1, 0.15) is 5.75 Å². The van der Waals surface area contributed by atoms with Crippen molar-refractivity contribution in [2.45, 2.75) is 0 Å². The van der Waals surface area contributed by atoms with Gasteiger partial charge in [-0.25, -0.2) is 4.98 Å². The summed E-state index contributed by atoms with van der Waals surface area (Å²) in [6.45, 7) is 0. The zero-order valence-corrected chi connectivity index (χ0v) is 18.4. The number of hydrogen-bond donors (Lipinski definition) is 1. The summed E-state index contributed by atoms with van der Waals surface area (Å²) in [6, 6.07) is 29.2. The molecule has 7 heteroatoms. The number of rotatable bonds is 6. The van der Waals surface area contributed by atoms with Gasteiger partial charge in [0.15, 0.2) is 0 Å². The normalized spacial score (nSPS) is 11.1. The molecular formula is C27H21N5O2. The Morgan fingerprint density at radius 1 is 0.882 bits per heavy atom. The van der Waals surface area contributed by atoms with Gasteiger partial charge in [-0.15, -0.1) is 5.10 Å². The Morgan fingerprint density at radius 3 is 2.29 bits per heavy atom. The van der Waals surface area contributed by atoms with Crippen LogP contribution >= 0.6 is 0 Å². The molecule has 0 fully saturated rings. The summed E-state index contributed by atoms with van der Waals surface area (Å²) in [6.07, 6.45) is 3.11. The largest absolute Gasteiger partial charge is 0.496 e. The Bertz CT molecular complexity index is 1480. The molecule has 0 atom stereocenters. The first kappa shape index (κ1) is 21.1. The number of nitrogens with zero attached hydrogens (tertiary/aromatic N) is 4. The number of hydrogen-bond acceptors (Lipinski definition) is 5. The van der Waals surface area contributed by atoms with Crippen LogP contribution in [0.15, 0.2) is 97.1 Å². The van der Waals surface area contributed by atoms with Gasteiger partial charge >= 0.3 is 0 Å². The zero-order valence-electron chi connectivity index (χ0n) is 18.4. The first-order chi connectivity index (χ1) is 16.7. The summed E-state index contributed by atoms with van der Waals surface area (Å²) in [5, 5.41) is 7.23. The monoisotopic (exact) mass is 447 g/mol. The van der Waals surface area contributed by atoms with Crippen molar-refractivity contribution in [3.05, 3.63) is 103 Å². The number of amides is 1. The zero-order chi connectivity index (χ0) is 23.3. The molecule has 1 amide bonds. The van der Waals surface area contributed by atoms with Crippen molar-refractivity contribution < 1.29 is 9.53 Å². The standard InChI is InChI=1S/C27H21N5O2/c1-34-24-15-9-8-14-21(24)16-17-25(33)29-26-30-27-28-22(19-10-4-2-5-11-19)18-23(32(27)31-26)20-12-6-3-7-13-20/h2-18H,1H3,(H,29,31,33)/b17-16+. The van der Waals surface area contributed by atoms with Crippen molar-refractivity contribution in [2.75, 3.05) is 12.4 Å². The van der Waals surface area contributed by atoms with Crippen molar-refractivity contribution in [3.63, 3.8) is 0 Å². The Balaban J connectivity index is 1.50. The fraction of sp³-hybridized carbons (Fsp3) is 0.0370. The number of carbonyl (C=O) groups is 1. The van der Waals surface area contributed by atoms with Crippen LogP contribution in [0, 0.1) is 0 Å². The van der Waals surface area contributed by atoms with Gasteiger partial charge in [-0.2, -0.15) is 9.50 Å². The smallest absolute Gasteiger partial charge is 0.255 e. The molecule has 1 N–H and O–H groups in total. The number of fused-ring (bicyclic) bond motifs is 1. The predicted octanol–water partition coefficient (Wildman–Crippen LogP) is 5.12. The number of aromatic nitrogens is 4. The van der Waals surface area contributed by atoms with Crippen LogP contribution in [0.25, 0.3) is 34.4 Å². The molecule has 2 heterocycles. The molecule has 3 aromatic carbocycles.